The highest BCUT2D eigenvalue weighted by Crippen LogP contribution is 2.34. The van der Waals surface area contributed by atoms with Crippen molar-refractivity contribution >= 4 is 22.7 Å². The molecule has 3 rings (SSSR count). The van der Waals surface area contributed by atoms with Gasteiger partial charge in [0, 0.05) is 18.0 Å². The van der Waals surface area contributed by atoms with Crippen LogP contribution in [-0.4, -0.2) is 24.7 Å². The number of nitrogens with zero attached hydrogens (tertiary/aromatic N) is 1. The number of aryl methyl sites for hydroxylation is 1. The molecule has 0 saturated carbocycles. The van der Waals surface area contributed by atoms with E-state index in [1.54, 1.807) is 22.7 Å². The number of ether oxygens (including phenoxy) is 1. The van der Waals surface area contributed by atoms with Crippen molar-refractivity contribution in [2.45, 2.75) is 13.0 Å². The van der Waals surface area contributed by atoms with E-state index in [1.807, 2.05) is 0 Å². The summed E-state index contributed by atoms with van der Waals surface area (Å²) < 4.78 is 5.74. The minimum Gasteiger partial charge on any atom is -0.368 e. The molecule has 1 aliphatic rings. The third-order valence-corrected chi connectivity index (χ3v) is 4.71. The van der Waals surface area contributed by atoms with Crippen LogP contribution in [0.25, 0.3) is 10.6 Å². The lowest BCUT2D eigenvalue weighted by molar-refractivity contribution is 0.0276. The average Bonchev–Trinajstić information content (AvgIpc) is 2.99. The highest BCUT2D eigenvalue weighted by molar-refractivity contribution is 7.15. The van der Waals surface area contributed by atoms with Crippen LogP contribution in [0.5, 0.6) is 0 Å². The Hall–Kier alpha value is -0.750. The van der Waals surface area contributed by atoms with Crippen LogP contribution in [0, 0.1) is 6.92 Å². The summed E-state index contributed by atoms with van der Waals surface area (Å²) in [6.45, 7) is 4.72. The highest BCUT2D eigenvalue weighted by Gasteiger charge is 2.21. The summed E-state index contributed by atoms with van der Waals surface area (Å²) in [7, 11) is 0. The Balaban J connectivity index is 1.90. The van der Waals surface area contributed by atoms with Crippen molar-refractivity contribution in [1.82, 2.24) is 10.3 Å². The molecule has 0 bridgehead atoms. The van der Waals surface area contributed by atoms with Gasteiger partial charge in [0.2, 0.25) is 0 Å². The Morgan fingerprint density at radius 2 is 2.47 bits per heavy atom. The minimum absolute atomic E-state index is 0.126. The maximum absolute atomic E-state index is 5.74. The van der Waals surface area contributed by atoms with E-state index in [9.17, 15) is 0 Å². The molecule has 0 aliphatic carbocycles. The van der Waals surface area contributed by atoms with Gasteiger partial charge in [-0.25, -0.2) is 4.98 Å². The van der Waals surface area contributed by atoms with Crippen LogP contribution in [0.4, 0.5) is 0 Å². The molecular weight excluding hydrogens is 252 g/mol. The Kier molecular flexibility index (Phi) is 3.24. The number of thiophene rings is 1. The second kappa shape index (κ2) is 4.86. The zero-order valence-electron chi connectivity index (χ0n) is 9.60. The van der Waals surface area contributed by atoms with Gasteiger partial charge in [0.15, 0.2) is 0 Å². The van der Waals surface area contributed by atoms with E-state index >= 15 is 0 Å². The maximum atomic E-state index is 5.74. The third-order valence-electron chi connectivity index (χ3n) is 2.77. The summed E-state index contributed by atoms with van der Waals surface area (Å²) in [4.78, 5) is 7.26. The molecule has 1 aliphatic heterocycles. The molecule has 3 nitrogen and oxygen atoms in total. The summed E-state index contributed by atoms with van der Waals surface area (Å²) in [5.74, 6) is 0. The summed E-state index contributed by atoms with van der Waals surface area (Å²) in [5, 5.41) is 6.53. The molecule has 2 aromatic heterocycles. The lowest BCUT2D eigenvalue weighted by Gasteiger charge is -2.21. The Morgan fingerprint density at radius 1 is 1.53 bits per heavy atom. The van der Waals surface area contributed by atoms with Crippen LogP contribution in [-0.2, 0) is 4.74 Å². The molecule has 90 valence electrons. The predicted molar refractivity (Wildman–Crippen MR) is 71.7 cm³/mol. The van der Waals surface area contributed by atoms with Gasteiger partial charge in [-0.05, 0) is 18.4 Å². The monoisotopic (exact) mass is 266 g/mol. The second-order valence-corrected chi connectivity index (χ2v) is 6.18. The molecule has 0 aromatic carbocycles. The lowest BCUT2D eigenvalue weighted by atomic mass is 10.3. The second-order valence-electron chi connectivity index (χ2n) is 4.00. The molecule has 2 aromatic rings. The maximum Gasteiger partial charge on any atom is 0.124 e. The van der Waals surface area contributed by atoms with Gasteiger partial charge in [-0.15, -0.1) is 22.7 Å². The molecule has 0 amide bonds. The fourth-order valence-corrected chi connectivity index (χ4v) is 3.74. The zero-order valence-corrected chi connectivity index (χ0v) is 11.2. The number of aromatic nitrogens is 1. The lowest BCUT2D eigenvalue weighted by Crippen LogP contribution is -2.33. The molecule has 17 heavy (non-hydrogen) atoms. The van der Waals surface area contributed by atoms with E-state index in [1.165, 1.54) is 9.75 Å². The molecule has 1 fully saturated rings. The van der Waals surface area contributed by atoms with E-state index in [0.29, 0.717) is 0 Å². The van der Waals surface area contributed by atoms with Crippen molar-refractivity contribution in [3.05, 3.63) is 27.4 Å². The normalized spacial score (nSPS) is 20.6. The molecular formula is C12H14N2OS2. The van der Waals surface area contributed by atoms with E-state index in [4.69, 9.17) is 9.72 Å². The Bertz CT molecular complexity index is 487. The predicted octanol–water partition coefficient (Wildman–Crippen LogP) is 2.84. The molecule has 1 unspecified atom stereocenters. The van der Waals surface area contributed by atoms with Gasteiger partial charge >= 0.3 is 0 Å². The number of hydrogen-bond donors (Lipinski definition) is 1. The molecule has 1 N–H and O–H groups in total. The number of rotatable bonds is 2. The van der Waals surface area contributed by atoms with Crippen molar-refractivity contribution in [1.29, 1.82) is 0 Å². The van der Waals surface area contributed by atoms with E-state index < -0.39 is 0 Å². The van der Waals surface area contributed by atoms with Crippen LogP contribution in [0.1, 0.15) is 16.0 Å². The van der Waals surface area contributed by atoms with Crippen molar-refractivity contribution in [2.24, 2.45) is 0 Å². The first-order valence-electron chi connectivity index (χ1n) is 5.68. The zero-order chi connectivity index (χ0) is 11.7. The molecule has 0 radical (unpaired) electrons. The summed E-state index contributed by atoms with van der Waals surface area (Å²) in [5.41, 5.74) is 1.12. The van der Waals surface area contributed by atoms with Crippen molar-refractivity contribution in [3.8, 4) is 10.6 Å². The van der Waals surface area contributed by atoms with Gasteiger partial charge < -0.3 is 10.1 Å². The van der Waals surface area contributed by atoms with Crippen LogP contribution >= 0.6 is 22.7 Å². The smallest absolute Gasteiger partial charge is 0.124 e. The number of hydrogen-bond acceptors (Lipinski definition) is 5. The standard InChI is InChI=1S/C12H14N2OS2/c1-8-11(10-3-2-6-16-10)14-12(17-8)9-7-13-4-5-15-9/h2-3,6,9,13H,4-5,7H2,1H3. The van der Waals surface area contributed by atoms with Crippen LogP contribution in [0.2, 0.25) is 0 Å². The van der Waals surface area contributed by atoms with Crippen LogP contribution in [0.3, 0.4) is 0 Å². The number of nitrogens with one attached hydrogen (secondary N) is 1. The fourth-order valence-electron chi connectivity index (χ4n) is 1.92. The minimum atomic E-state index is 0.126. The van der Waals surface area contributed by atoms with Gasteiger partial charge in [0.1, 0.15) is 11.1 Å². The molecule has 5 heteroatoms. The summed E-state index contributed by atoms with van der Waals surface area (Å²) in [6.07, 6.45) is 0.126. The first kappa shape index (κ1) is 11.3. The van der Waals surface area contributed by atoms with Gasteiger partial charge in [-0.1, -0.05) is 6.07 Å². The number of thiazole rings is 1. The summed E-state index contributed by atoms with van der Waals surface area (Å²) in [6, 6.07) is 4.19. The first-order chi connectivity index (χ1) is 8.34. The van der Waals surface area contributed by atoms with Crippen molar-refractivity contribution in [3.63, 3.8) is 0 Å². The van der Waals surface area contributed by atoms with E-state index in [-0.39, 0.29) is 6.10 Å². The highest BCUT2D eigenvalue weighted by atomic mass is 32.1. The third kappa shape index (κ3) is 2.28. The Labute approximate surface area is 108 Å². The van der Waals surface area contributed by atoms with Crippen molar-refractivity contribution in [2.75, 3.05) is 19.7 Å². The summed E-state index contributed by atoms with van der Waals surface area (Å²) >= 11 is 3.49. The van der Waals surface area contributed by atoms with Gasteiger partial charge in [0.05, 0.1) is 17.2 Å². The average molecular weight is 266 g/mol. The molecule has 3 heterocycles. The van der Waals surface area contributed by atoms with E-state index in [0.717, 1.165) is 30.4 Å². The first-order valence-corrected chi connectivity index (χ1v) is 7.38. The number of morpholine rings is 1. The van der Waals surface area contributed by atoms with Gasteiger partial charge in [-0.3, -0.25) is 0 Å². The topological polar surface area (TPSA) is 34.1 Å². The van der Waals surface area contributed by atoms with Crippen LogP contribution < -0.4 is 5.32 Å². The van der Waals surface area contributed by atoms with Gasteiger partial charge in [0.25, 0.3) is 0 Å². The largest absolute Gasteiger partial charge is 0.368 e. The molecule has 0 spiro atoms. The molecule has 1 atom stereocenters. The van der Waals surface area contributed by atoms with Gasteiger partial charge in [-0.2, -0.15) is 0 Å². The fraction of sp³-hybridized carbons (Fsp3) is 0.417. The Morgan fingerprint density at radius 3 is 3.18 bits per heavy atom. The SMILES string of the molecule is Cc1sc(C2CNCCO2)nc1-c1cccs1. The van der Waals surface area contributed by atoms with Crippen molar-refractivity contribution < 1.29 is 4.74 Å². The quantitative estimate of drug-likeness (QED) is 0.907. The molecule has 1 saturated heterocycles. The van der Waals surface area contributed by atoms with Crippen LogP contribution in [0.15, 0.2) is 17.5 Å². The van der Waals surface area contributed by atoms with E-state index in [2.05, 4.69) is 29.8 Å².